The van der Waals surface area contributed by atoms with Gasteiger partial charge >= 0.3 is 5.37 Å². The molecule has 78 valence electrons. The smallest absolute Gasteiger partial charge is 0.267 e. The van der Waals surface area contributed by atoms with Crippen molar-refractivity contribution >= 4 is 22.9 Å². The van der Waals surface area contributed by atoms with Crippen molar-refractivity contribution in [1.29, 1.82) is 0 Å². The van der Waals surface area contributed by atoms with Crippen LogP contribution in [0.5, 0.6) is 0 Å². The average Bonchev–Trinajstić information content (AvgIpc) is 2.44. The summed E-state index contributed by atoms with van der Waals surface area (Å²) < 4.78 is 0. The predicted octanol–water partition coefficient (Wildman–Crippen LogP) is 2.07. The van der Waals surface area contributed by atoms with Crippen molar-refractivity contribution in [2.24, 2.45) is 0 Å². The van der Waals surface area contributed by atoms with Crippen LogP contribution in [0.2, 0.25) is 0 Å². The highest BCUT2D eigenvalue weighted by molar-refractivity contribution is 6.62. The molecule has 1 aliphatic heterocycles. The van der Waals surface area contributed by atoms with Crippen LogP contribution in [-0.4, -0.2) is 16.3 Å². The highest BCUT2D eigenvalue weighted by Gasteiger charge is 2.34. The number of amides is 2. The molecule has 1 heterocycles. The van der Waals surface area contributed by atoms with Gasteiger partial charge in [0.1, 0.15) is 0 Å². The number of rotatable bonds is 1. The molecule has 2 amide bonds. The van der Waals surface area contributed by atoms with Gasteiger partial charge in [-0.1, -0.05) is 18.2 Å². The maximum Gasteiger partial charge on any atom is 0.332 e. The first-order chi connectivity index (χ1) is 7.11. The fraction of sp³-hybridized carbons (Fsp3) is 0.200. The molecule has 1 aliphatic rings. The van der Waals surface area contributed by atoms with E-state index < -0.39 is 5.37 Å². The van der Waals surface area contributed by atoms with Crippen LogP contribution in [0, 0.1) is 0 Å². The lowest BCUT2D eigenvalue weighted by Gasteiger charge is -2.20. The second-order valence-electron chi connectivity index (χ2n) is 3.32. The molecule has 15 heavy (non-hydrogen) atoms. The summed E-state index contributed by atoms with van der Waals surface area (Å²) in [4.78, 5) is 22.5. The Labute approximate surface area is 91.8 Å². The Hall–Kier alpha value is -1.55. The van der Waals surface area contributed by atoms with Crippen LogP contribution in [0.25, 0.3) is 0 Å². The summed E-state index contributed by atoms with van der Waals surface area (Å²) in [6.07, 6.45) is 0. The zero-order valence-electron chi connectivity index (χ0n) is 8.03. The maximum atomic E-state index is 11.8. The minimum Gasteiger partial charge on any atom is -0.267 e. The SMILES string of the molecule is CC1c2ccccc2C(=O)N1NC(=O)Cl. The van der Waals surface area contributed by atoms with Crippen LogP contribution in [-0.2, 0) is 0 Å². The second kappa shape index (κ2) is 3.55. The van der Waals surface area contributed by atoms with Crippen molar-refractivity contribution in [3.8, 4) is 0 Å². The number of nitrogens with zero attached hydrogens (tertiary/aromatic N) is 1. The van der Waals surface area contributed by atoms with E-state index in [2.05, 4.69) is 5.43 Å². The molecule has 1 N–H and O–H groups in total. The monoisotopic (exact) mass is 224 g/mol. The molecule has 0 saturated heterocycles. The van der Waals surface area contributed by atoms with Gasteiger partial charge in [0.15, 0.2) is 0 Å². The van der Waals surface area contributed by atoms with E-state index in [4.69, 9.17) is 11.6 Å². The van der Waals surface area contributed by atoms with E-state index in [-0.39, 0.29) is 11.9 Å². The van der Waals surface area contributed by atoms with E-state index in [9.17, 15) is 9.59 Å². The number of carbonyl (C=O) groups excluding carboxylic acids is 2. The number of carbonyl (C=O) groups is 2. The minimum absolute atomic E-state index is 0.184. The Morgan fingerprint density at radius 2 is 2.13 bits per heavy atom. The normalized spacial score (nSPS) is 18.9. The minimum atomic E-state index is -0.761. The van der Waals surface area contributed by atoms with E-state index >= 15 is 0 Å². The van der Waals surface area contributed by atoms with Gasteiger partial charge < -0.3 is 0 Å². The van der Waals surface area contributed by atoms with Gasteiger partial charge in [0.05, 0.1) is 6.04 Å². The van der Waals surface area contributed by atoms with Crippen molar-refractivity contribution in [3.63, 3.8) is 0 Å². The Morgan fingerprint density at radius 3 is 2.73 bits per heavy atom. The summed E-state index contributed by atoms with van der Waals surface area (Å²) in [7, 11) is 0. The lowest BCUT2D eigenvalue weighted by atomic mass is 10.1. The van der Waals surface area contributed by atoms with Crippen molar-refractivity contribution in [2.45, 2.75) is 13.0 Å². The van der Waals surface area contributed by atoms with Crippen LogP contribution in [0.1, 0.15) is 28.9 Å². The lowest BCUT2D eigenvalue weighted by Crippen LogP contribution is -2.41. The van der Waals surface area contributed by atoms with E-state index in [1.54, 1.807) is 12.1 Å². The summed E-state index contributed by atoms with van der Waals surface area (Å²) in [6.45, 7) is 1.83. The molecule has 1 atom stereocenters. The molecule has 0 aromatic heterocycles. The van der Waals surface area contributed by atoms with E-state index in [0.717, 1.165) is 5.56 Å². The van der Waals surface area contributed by atoms with Crippen molar-refractivity contribution in [2.75, 3.05) is 0 Å². The zero-order chi connectivity index (χ0) is 11.0. The maximum absolute atomic E-state index is 11.8. The topological polar surface area (TPSA) is 49.4 Å². The van der Waals surface area contributed by atoms with Crippen LogP contribution in [0.3, 0.4) is 0 Å². The number of hydrazine groups is 1. The number of nitrogens with one attached hydrogen (secondary N) is 1. The molecule has 0 radical (unpaired) electrons. The molecule has 0 spiro atoms. The van der Waals surface area contributed by atoms with Gasteiger partial charge in [0.25, 0.3) is 5.91 Å². The zero-order valence-corrected chi connectivity index (χ0v) is 8.78. The Morgan fingerprint density at radius 1 is 1.47 bits per heavy atom. The van der Waals surface area contributed by atoms with Crippen LogP contribution >= 0.6 is 11.6 Å². The van der Waals surface area contributed by atoms with Gasteiger partial charge in [-0.2, -0.15) is 0 Å². The third-order valence-corrected chi connectivity index (χ3v) is 2.54. The molecule has 4 nitrogen and oxygen atoms in total. The molecule has 0 saturated carbocycles. The van der Waals surface area contributed by atoms with Gasteiger partial charge in [0.2, 0.25) is 0 Å². The van der Waals surface area contributed by atoms with Crippen molar-refractivity contribution < 1.29 is 9.59 Å². The molecule has 5 heteroatoms. The standard InChI is InChI=1S/C10H9ClN2O2/c1-6-7-4-2-3-5-8(7)9(14)13(6)12-10(11)15/h2-6H,1H3,(H,12,15). The molecule has 0 aliphatic carbocycles. The predicted molar refractivity (Wildman–Crippen MR) is 55.4 cm³/mol. The van der Waals surface area contributed by atoms with Crippen LogP contribution in [0.4, 0.5) is 4.79 Å². The van der Waals surface area contributed by atoms with Crippen molar-refractivity contribution in [1.82, 2.24) is 10.4 Å². The Bertz CT molecular complexity index is 433. The van der Waals surface area contributed by atoms with E-state index in [1.165, 1.54) is 5.01 Å². The number of benzene rings is 1. The van der Waals surface area contributed by atoms with Crippen molar-refractivity contribution in [3.05, 3.63) is 35.4 Å². The number of halogens is 1. The molecule has 1 aromatic rings. The van der Waals surface area contributed by atoms with Crippen LogP contribution in [0.15, 0.2) is 24.3 Å². The molecule has 1 unspecified atom stereocenters. The van der Waals surface area contributed by atoms with Gasteiger partial charge in [-0.15, -0.1) is 0 Å². The number of hydrogen-bond donors (Lipinski definition) is 1. The molecule has 0 fully saturated rings. The molecule has 1 aromatic carbocycles. The fourth-order valence-corrected chi connectivity index (χ4v) is 1.83. The fourth-order valence-electron chi connectivity index (χ4n) is 1.74. The molecular weight excluding hydrogens is 216 g/mol. The Balaban J connectivity index is 2.36. The van der Waals surface area contributed by atoms with Gasteiger partial charge in [-0.25, -0.2) is 5.01 Å². The molecule has 0 bridgehead atoms. The first-order valence-corrected chi connectivity index (χ1v) is 4.87. The number of hydrogen-bond acceptors (Lipinski definition) is 2. The first kappa shape index (κ1) is 9.98. The molecule has 2 rings (SSSR count). The summed E-state index contributed by atoms with van der Waals surface area (Å²) >= 11 is 5.19. The quantitative estimate of drug-likeness (QED) is 0.587. The largest absolute Gasteiger partial charge is 0.332 e. The summed E-state index contributed by atoms with van der Waals surface area (Å²) in [5, 5.41) is 0.475. The Kier molecular flexibility index (Phi) is 2.36. The summed E-state index contributed by atoms with van der Waals surface area (Å²) in [5.74, 6) is -0.230. The van der Waals surface area contributed by atoms with Gasteiger partial charge in [0, 0.05) is 5.56 Å². The van der Waals surface area contributed by atoms with Crippen LogP contribution < -0.4 is 5.43 Å². The lowest BCUT2D eigenvalue weighted by molar-refractivity contribution is 0.0663. The summed E-state index contributed by atoms with van der Waals surface area (Å²) in [5.41, 5.74) is 3.80. The third kappa shape index (κ3) is 1.57. The highest BCUT2D eigenvalue weighted by atomic mass is 35.5. The van der Waals surface area contributed by atoms with Gasteiger partial charge in [-0.05, 0) is 30.2 Å². The molecular formula is C10H9ClN2O2. The number of fused-ring (bicyclic) bond motifs is 1. The second-order valence-corrected chi connectivity index (χ2v) is 3.67. The van der Waals surface area contributed by atoms with E-state index in [0.29, 0.717) is 5.56 Å². The first-order valence-electron chi connectivity index (χ1n) is 4.50. The average molecular weight is 225 g/mol. The van der Waals surface area contributed by atoms with Gasteiger partial charge in [-0.3, -0.25) is 15.0 Å². The van der Waals surface area contributed by atoms with E-state index in [1.807, 2.05) is 19.1 Å². The highest BCUT2D eigenvalue weighted by Crippen LogP contribution is 2.31. The summed E-state index contributed by atoms with van der Waals surface area (Å²) in [6, 6.07) is 7.05. The third-order valence-electron chi connectivity index (χ3n) is 2.46.